The molecule has 1 aliphatic rings. The lowest BCUT2D eigenvalue weighted by Gasteiger charge is -2.38. The van der Waals surface area contributed by atoms with Gasteiger partial charge in [-0.2, -0.15) is 0 Å². The third-order valence-electron chi connectivity index (χ3n) is 6.64. The maximum Gasteiger partial charge on any atom is 0.265 e. The molecular formula is C31H36N2O3. The summed E-state index contributed by atoms with van der Waals surface area (Å²) in [6.45, 7) is 10.7. The largest absolute Gasteiger partial charge is 0.481 e. The van der Waals surface area contributed by atoms with Crippen molar-refractivity contribution in [3.05, 3.63) is 94.5 Å². The lowest BCUT2D eigenvalue weighted by atomic mass is 9.87. The lowest BCUT2D eigenvalue weighted by molar-refractivity contribution is -0.134. The number of anilines is 1. The molecule has 5 heteroatoms. The Bertz CT molecular complexity index is 1220. The number of aryl methyl sites for hydroxylation is 2. The number of rotatable bonds is 7. The predicted octanol–water partition coefficient (Wildman–Crippen LogP) is 6.23. The summed E-state index contributed by atoms with van der Waals surface area (Å²) < 4.78 is 6.09. The summed E-state index contributed by atoms with van der Waals surface area (Å²) in [6.07, 6.45) is 0.638. The van der Waals surface area contributed by atoms with E-state index in [1.54, 1.807) is 6.92 Å². The quantitative estimate of drug-likeness (QED) is 0.432. The van der Waals surface area contributed by atoms with Crippen molar-refractivity contribution >= 4 is 17.5 Å². The maximum atomic E-state index is 13.3. The van der Waals surface area contributed by atoms with Crippen LogP contribution in [0.2, 0.25) is 0 Å². The van der Waals surface area contributed by atoms with E-state index in [-0.39, 0.29) is 17.9 Å². The minimum atomic E-state index is -0.676. The zero-order valence-corrected chi connectivity index (χ0v) is 21.9. The first-order valence-corrected chi connectivity index (χ1v) is 12.7. The molecule has 0 spiro atoms. The minimum absolute atomic E-state index is 0.165. The fraction of sp³-hybridized carbons (Fsp3) is 0.355. The molecule has 0 bridgehead atoms. The third kappa shape index (κ3) is 5.96. The zero-order valence-electron chi connectivity index (χ0n) is 21.9. The summed E-state index contributed by atoms with van der Waals surface area (Å²) in [7, 11) is 0. The number of benzene rings is 3. The standard InChI is InChI=1S/C31H36N2O3/c1-20(2)18-29(34)33-17-16-24-12-15-27(19-28(24)30(33)25-10-6-21(3)7-11-25)36-23(5)31(35)32-26-13-8-22(4)9-14-26/h6-15,19-20,23,30H,16-18H2,1-5H3,(H,32,35). The SMILES string of the molecule is Cc1ccc(NC(=O)C(C)Oc2ccc3c(c2)C(c2ccc(C)cc2)N(C(=O)CC(C)C)CC3)cc1. The monoisotopic (exact) mass is 484 g/mol. The van der Waals surface area contributed by atoms with E-state index in [0.29, 0.717) is 24.6 Å². The van der Waals surface area contributed by atoms with E-state index in [0.717, 1.165) is 28.8 Å². The average Bonchev–Trinajstić information content (AvgIpc) is 2.84. The smallest absolute Gasteiger partial charge is 0.265 e. The second-order valence-corrected chi connectivity index (χ2v) is 10.2. The highest BCUT2D eigenvalue weighted by molar-refractivity contribution is 5.94. The molecule has 4 rings (SSSR count). The van der Waals surface area contributed by atoms with Gasteiger partial charge in [0.25, 0.3) is 5.91 Å². The number of carbonyl (C=O) groups is 2. The molecule has 1 aliphatic heterocycles. The Labute approximate surface area is 214 Å². The third-order valence-corrected chi connectivity index (χ3v) is 6.64. The number of ether oxygens (including phenoxy) is 1. The molecule has 3 aromatic carbocycles. The number of hydrogen-bond acceptors (Lipinski definition) is 3. The van der Waals surface area contributed by atoms with Crippen LogP contribution in [0.1, 0.15) is 61.1 Å². The van der Waals surface area contributed by atoms with E-state index in [2.05, 4.69) is 56.4 Å². The molecule has 3 aromatic rings. The summed E-state index contributed by atoms with van der Waals surface area (Å²) >= 11 is 0. The Balaban J connectivity index is 1.60. The van der Waals surface area contributed by atoms with Gasteiger partial charge in [0.2, 0.25) is 5.91 Å². The van der Waals surface area contributed by atoms with Crippen molar-refractivity contribution in [2.75, 3.05) is 11.9 Å². The van der Waals surface area contributed by atoms with E-state index in [1.807, 2.05) is 48.2 Å². The zero-order chi connectivity index (χ0) is 25.8. The van der Waals surface area contributed by atoms with Gasteiger partial charge in [0.05, 0.1) is 6.04 Å². The first-order valence-electron chi connectivity index (χ1n) is 12.7. The van der Waals surface area contributed by atoms with Crippen molar-refractivity contribution < 1.29 is 14.3 Å². The number of carbonyl (C=O) groups excluding carboxylic acids is 2. The van der Waals surface area contributed by atoms with Gasteiger partial charge in [-0.05, 0) is 74.1 Å². The molecule has 0 saturated carbocycles. The molecule has 5 nitrogen and oxygen atoms in total. The molecule has 2 atom stereocenters. The molecule has 1 N–H and O–H groups in total. The molecule has 2 unspecified atom stereocenters. The van der Waals surface area contributed by atoms with Crippen LogP contribution in [0, 0.1) is 19.8 Å². The molecule has 0 saturated heterocycles. The number of hydrogen-bond donors (Lipinski definition) is 1. The van der Waals surface area contributed by atoms with E-state index >= 15 is 0 Å². The number of nitrogens with one attached hydrogen (secondary N) is 1. The molecule has 0 aliphatic carbocycles. The molecule has 1 heterocycles. The van der Waals surface area contributed by atoms with Crippen LogP contribution in [0.15, 0.2) is 66.7 Å². The number of nitrogens with zero attached hydrogens (tertiary/aromatic N) is 1. The topological polar surface area (TPSA) is 58.6 Å². The Morgan fingerprint density at radius 2 is 1.58 bits per heavy atom. The molecule has 0 aromatic heterocycles. The van der Waals surface area contributed by atoms with Crippen molar-refractivity contribution in [1.82, 2.24) is 4.90 Å². The van der Waals surface area contributed by atoms with E-state index in [9.17, 15) is 9.59 Å². The van der Waals surface area contributed by atoms with Gasteiger partial charge in [-0.25, -0.2) is 0 Å². The van der Waals surface area contributed by atoms with Crippen LogP contribution < -0.4 is 10.1 Å². The van der Waals surface area contributed by atoms with Gasteiger partial charge in [-0.3, -0.25) is 9.59 Å². The Morgan fingerprint density at radius 1 is 0.944 bits per heavy atom. The van der Waals surface area contributed by atoms with Gasteiger partial charge in [0.1, 0.15) is 5.75 Å². The lowest BCUT2D eigenvalue weighted by Crippen LogP contribution is -2.41. The van der Waals surface area contributed by atoms with Crippen LogP contribution in [-0.4, -0.2) is 29.4 Å². The summed E-state index contributed by atoms with van der Waals surface area (Å²) in [5.41, 5.74) is 6.41. The first kappa shape index (κ1) is 25.5. The van der Waals surface area contributed by atoms with E-state index < -0.39 is 6.10 Å². The fourth-order valence-electron chi connectivity index (χ4n) is 4.65. The maximum absolute atomic E-state index is 13.3. The molecular weight excluding hydrogens is 448 g/mol. The second-order valence-electron chi connectivity index (χ2n) is 10.2. The van der Waals surface area contributed by atoms with Gasteiger partial charge < -0.3 is 15.0 Å². The predicted molar refractivity (Wildman–Crippen MR) is 144 cm³/mol. The number of amides is 2. The second kappa shape index (κ2) is 11.0. The molecule has 188 valence electrons. The van der Waals surface area contributed by atoms with Gasteiger partial charge >= 0.3 is 0 Å². The van der Waals surface area contributed by atoms with Crippen molar-refractivity contribution in [3.63, 3.8) is 0 Å². The van der Waals surface area contributed by atoms with Crippen LogP contribution in [0.3, 0.4) is 0 Å². The fourth-order valence-corrected chi connectivity index (χ4v) is 4.65. The highest BCUT2D eigenvalue weighted by Gasteiger charge is 2.32. The Hall–Kier alpha value is -3.60. The molecule has 36 heavy (non-hydrogen) atoms. The first-order chi connectivity index (χ1) is 17.2. The van der Waals surface area contributed by atoms with Crippen molar-refractivity contribution in [2.45, 2.75) is 59.6 Å². The van der Waals surface area contributed by atoms with Crippen LogP contribution >= 0.6 is 0 Å². The van der Waals surface area contributed by atoms with Crippen LogP contribution in [0.5, 0.6) is 5.75 Å². The summed E-state index contributed by atoms with van der Waals surface area (Å²) in [4.78, 5) is 28.0. The summed E-state index contributed by atoms with van der Waals surface area (Å²) in [6, 6.07) is 21.9. The normalized spacial score (nSPS) is 15.8. The molecule has 2 amide bonds. The van der Waals surface area contributed by atoms with E-state index in [4.69, 9.17) is 4.74 Å². The van der Waals surface area contributed by atoms with Crippen molar-refractivity contribution in [2.24, 2.45) is 5.92 Å². The van der Waals surface area contributed by atoms with Crippen LogP contribution in [0.4, 0.5) is 5.69 Å². The minimum Gasteiger partial charge on any atom is -0.481 e. The van der Waals surface area contributed by atoms with Crippen LogP contribution in [0.25, 0.3) is 0 Å². The molecule has 0 fully saturated rings. The van der Waals surface area contributed by atoms with Crippen molar-refractivity contribution in [1.29, 1.82) is 0 Å². The van der Waals surface area contributed by atoms with Crippen molar-refractivity contribution in [3.8, 4) is 5.75 Å². The van der Waals surface area contributed by atoms with Gasteiger partial charge in [-0.1, -0.05) is 67.4 Å². The average molecular weight is 485 g/mol. The Kier molecular flexibility index (Phi) is 7.78. The Morgan fingerprint density at radius 3 is 2.22 bits per heavy atom. The summed E-state index contributed by atoms with van der Waals surface area (Å²) in [5.74, 6) is 0.870. The highest BCUT2D eigenvalue weighted by Crippen LogP contribution is 2.38. The van der Waals surface area contributed by atoms with Gasteiger partial charge in [0, 0.05) is 18.7 Å². The van der Waals surface area contributed by atoms with Gasteiger partial charge in [-0.15, -0.1) is 0 Å². The van der Waals surface area contributed by atoms with Crippen LogP contribution in [-0.2, 0) is 16.0 Å². The highest BCUT2D eigenvalue weighted by atomic mass is 16.5. The molecule has 0 radical (unpaired) electrons. The number of fused-ring (bicyclic) bond motifs is 1. The van der Waals surface area contributed by atoms with E-state index in [1.165, 1.54) is 11.1 Å². The van der Waals surface area contributed by atoms with Gasteiger partial charge in [0.15, 0.2) is 6.10 Å². The summed E-state index contributed by atoms with van der Waals surface area (Å²) in [5, 5.41) is 2.91.